The molecule has 3 rings (SSSR count). The largest absolute Gasteiger partial charge is 0.573 e. The molecule has 0 aliphatic heterocycles. The second-order valence-electron chi connectivity index (χ2n) is 5.76. The van der Waals surface area contributed by atoms with Crippen molar-refractivity contribution in [2.75, 3.05) is 7.11 Å². The molecule has 1 saturated carbocycles. The number of benzene rings is 2. The molecule has 1 aliphatic carbocycles. The predicted molar refractivity (Wildman–Crippen MR) is 89.2 cm³/mol. The van der Waals surface area contributed by atoms with Gasteiger partial charge in [-0.25, -0.2) is 0 Å². The van der Waals surface area contributed by atoms with E-state index >= 15 is 0 Å². The van der Waals surface area contributed by atoms with Crippen molar-refractivity contribution in [3.05, 3.63) is 53.6 Å². The van der Waals surface area contributed by atoms with Gasteiger partial charge in [-0.3, -0.25) is 0 Å². The highest BCUT2D eigenvalue weighted by Gasteiger charge is 2.31. The minimum absolute atomic E-state index is 0.239. The van der Waals surface area contributed by atoms with Crippen LogP contribution in [0.2, 0.25) is 0 Å². The summed E-state index contributed by atoms with van der Waals surface area (Å²) in [6.45, 7) is 3.61. The highest BCUT2D eigenvalue weighted by atomic mass is 19.4. The van der Waals surface area contributed by atoms with Crippen LogP contribution < -0.4 is 14.2 Å². The van der Waals surface area contributed by atoms with Crippen LogP contribution in [0.25, 0.3) is 0 Å². The first kappa shape index (κ1) is 19.0. The number of rotatable bonds is 4. The van der Waals surface area contributed by atoms with Gasteiger partial charge in [0.15, 0.2) is 0 Å². The van der Waals surface area contributed by atoms with Gasteiger partial charge in [0, 0.05) is 6.07 Å². The number of alkyl halides is 3. The Morgan fingerprint density at radius 2 is 1.56 bits per heavy atom. The Morgan fingerprint density at radius 1 is 0.920 bits per heavy atom. The van der Waals surface area contributed by atoms with Crippen LogP contribution in [-0.4, -0.2) is 19.6 Å². The molecule has 0 radical (unpaired) electrons. The van der Waals surface area contributed by atoms with E-state index in [0.29, 0.717) is 17.4 Å². The zero-order valence-corrected chi connectivity index (χ0v) is 14.4. The molecule has 25 heavy (non-hydrogen) atoms. The summed E-state index contributed by atoms with van der Waals surface area (Å²) in [5, 5.41) is 0. The van der Waals surface area contributed by atoms with Gasteiger partial charge in [-0.15, -0.1) is 13.2 Å². The van der Waals surface area contributed by atoms with E-state index in [4.69, 9.17) is 9.47 Å². The lowest BCUT2D eigenvalue weighted by Gasteiger charge is -2.12. The molecule has 0 atom stereocenters. The summed E-state index contributed by atoms with van der Waals surface area (Å²) in [6.07, 6.45) is -1.70. The Kier molecular flexibility index (Phi) is 6.17. The molecule has 0 heterocycles. The second kappa shape index (κ2) is 8.14. The van der Waals surface area contributed by atoms with E-state index < -0.39 is 6.36 Å². The zero-order chi connectivity index (χ0) is 18.4. The second-order valence-corrected chi connectivity index (χ2v) is 5.76. The van der Waals surface area contributed by atoms with Crippen LogP contribution in [0.1, 0.15) is 24.0 Å². The summed E-state index contributed by atoms with van der Waals surface area (Å²) in [4.78, 5) is 0. The molecule has 3 nitrogen and oxygen atoms in total. The number of para-hydroxylation sites is 1. The van der Waals surface area contributed by atoms with Crippen molar-refractivity contribution in [2.45, 2.75) is 39.2 Å². The SMILES string of the molecule is COc1ccc(C)c(OC(F)(F)F)c1.Cc1ccccc1OC1CC1. The fourth-order valence-corrected chi connectivity index (χ4v) is 2.00. The van der Waals surface area contributed by atoms with E-state index in [1.807, 2.05) is 18.2 Å². The van der Waals surface area contributed by atoms with Crippen LogP contribution in [0.15, 0.2) is 42.5 Å². The number of hydrogen-bond donors (Lipinski definition) is 0. The van der Waals surface area contributed by atoms with Gasteiger partial charge < -0.3 is 14.2 Å². The van der Waals surface area contributed by atoms with E-state index in [-0.39, 0.29) is 5.75 Å². The Balaban J connectivity index is 0.000000185. The van der Waals surface area contributed by atoms with E-state index in [0.717, 1.165) is 5.75 Å². The molecular weight excluding hydrogens is 333 g/mol. The summed E-state index contributed by atoms with van der Waals surface area (Å²) >= 11 is 0. The van der Waals surface area contributed by atoms with Crippen LogP contribution >= 0.6 is 0 Å². The van der Waals surface area contributed by atoms with Crippen LogP contribution in [-0.2, 0) is 0 Å². The highest BCUT2D eigenvalue weighted by Crippen LogP contribution is 2.29. The third-order valence-corrected chi connectivity index (χ3v) is 3.53. The smallest absolute Gasteiger partial charge is 0.497 e. The maximum atomic E-state index is 11.9. The molecule has 0 bridgehead atoms. The lowest BCUT2D eigenvalue weighted by Crippen LogP contribution is -2.17. The lowest BCUT2D eigenvalue weighted by molar-refractivity contribution is -0.274. The zero-order valence-electron chi connectivity index (χ0n) is 14.4. The Hall–Kier alpha value is -2.37. The molecule has 0 saturated heterocycles. The van der Waals surface area contributed by atoms with Crippen LogP contribution in [0.5, 0.6) is 17.2 Å². The number of halogens is 3. The Labute approximate surface area is 145 Å². The van der Waals surface area contributed by atoms with Crippen molar-refractivity contribution in [2.24, 2.45) is 0 Å². The monoisotopic (exact) mass is 354 g/mol. The standard InChI is InChI=1S/C10H12O.C9H9F3O2/c1-8-4-2-3-5-10(8)11-9-6-7-9;1-6-3-4-7(13-2)5-8(6)14-9(10,11)12/h2-5,9H,6-7H2,1H3;3-5H,1-2H3. The molecule has 2 aromatic rings. The topological polar surface area (TPSA) is 27.7 Å². The summed E-state index contributed by atoms with van der Waals surface area (Å²) in [6, 6.07) is 12.4. The van der Waals surface area contributed by atoms with Gasteiger partial charge in [0.1, 0.15) is 17.2 Å². The average molecular weight is 354 g/mol. The normalized spacial score (nSPS) is 13.5. The fraction of sp³-hybridized carbons (Fsp3) is 0.368. The first-order chi connectivity index (χ1) is 11.8. The predicted octanol–water partition coefficient (Wildman–Crippen LogP) is 5.44. The Morgan fingerprint density at radius 3 is 2.12 bits per heavy atom. The summed E-state index contributed by atoms with van der Waals surface area (Å²) in [7, 11) is 1.38. The van der Waals surface area contributed by atoms with Crippen molar-refractivity contribution in [1.82, 2.24) is 0 Å². The third kappa shape index (κ3) is 6.57. The first-order valence-corrected chi connectivity index (χ1v) is 7.91. The minimum Gasteiger partial charge on any atom is -0.497 e. The van der Waals surface area contributed by atoms with Gasteiger partial charge in [-0.05, 0) is 49.9 Å². The highest BCUT2D eigenvalue weighted by molar-refractivity contribution is 5.39. The molecule has 1 fully saturated rings. The number of ether oxygens (including phenoxy) is 3. The van der Waals surface area contributed by atoms with E-state index in [9.17, 15) is 13.2 Å². The first-order valence-electron chi connectivity index (χ1n) is 7.91. The van der Waals surface area contributed by atoms with E-state index in [2.05, 4.69) is 17.7 Å². The Bertz CT molecular complexity index is 695. The van der Waals surface area contributed by atoms with Gasteiger partial charge in [0.05, 0.1) is 13.2 Å². The maximum Gasteiger partial charge on any atom is 0.573 e. The van der Waals surface area contributed by atoms with Crippen molar-refractivity contribution in [3.8, 4) is 17.2 Å². The van der Waals surface area contributed by atoms with Crippen molar-refractivity contribution in [3.63, 3.8) is 0 Å². The molecule has 136 valence electrons. The van der Waals surface area contributed by atoms with Gasteiger partial charge in [0.2, 0.25) is 0 Å². The molecule has 0 N–H and O–H groups in total. The average Bonchev–Trinajstić information content (AvgIpc) is 3.35. The van der Waals surface area contributed by atoms with Crippen molar-refractivity contribution >= 4 is 0 Å². The van der Waals surface area contributed by atoms with Gasteiger partial charge in [-0.2, -0.15) is 0 Å². The molecule has 0 unspecified atom stereocenters. The summed E-state index contributed by atoms with van der Waals surface area (Å²) < 4.78 is 49.9. The van der Waals surface area contributed by atoms with Crippen molar-refractivity contribution < 1.29 is 27.4 Å². The molecule has 0 spiro atoms. The third-order valence-electron chi connectivity index (χ3n) is 3.53. The molecule has 1 aliphatic rings. The quantitative estimate of drug-likeness (QED) is 0.732. The molecule has 0 aromatic heterocycles. The van der Waals surface area contributed by atoms with Crippen LogP contribution in [0.4, 0.5) is 13.2 Å². The molecule has 6 heteroatoms. The lowest BCUT2D eigenvalue weighted by atomic mass is 10.2. The number of aryl methyl sites for hydroxylation is 2. The molecule has 0 amide bonds. The summed E-state index contributed by atoms with van der Waals surface area (Å²) in [5.41, 5.74) is 1.64. The van der Waals surface area contributed by atoms with Crippen LogP contribution in [0, 0.1) is 13.8 Å². The van der Waals surface area contributed by atoms with Gasteiger partial charge in [-0.1, -0.05) is 24.3 Å². The van der Waals surface area contributed by atoms with Crippen molar-refractivity contribution in [1.29, 1.82) is 0 Å². The number of methoxy groups -OCH3 is 1. The minimum atomic E-state index is -4.67. The van der Waals surface area contributed by atoms with E-state index in [1.54, 1.807) is 6.07 Å². The molecular formula is C19H21F3O3. The van der Waals surface area contributed by atoms with Gasteiger partial charge in [0.25, 0.3) is 0 Å². The van der Waals surface area contributed by atoms with Crippen LogP contribution in [0.3, 0.4) is 0 Å². The molecule has 2 aromatic carbocycles. The summed E-state index contributed by atoms with van der Waals surface area (Å²) in [5.74, 6) is 1.14. The fourth-order valence-electron chi connectivity index (χ4n) is 2.00. The number of hydrogen-bond acceptors (Lipinski definition) is 3. The maximum absolute atomic E-state index is 11.9. The van der Waals surface area contributed by atoms with E-state index in [1.165, 1.54) is 44.6 Å². The van der Waals surface area contributed by atoms with Gasteiger partial charge >= 0.3 is 6.36 Å².